The van der Waals surface area contributed by atoms with E-state index in [4.69, 9.17) is 4.74 Å². The molecule has 9 heteroatoms. The maximum absolute atomic E-state index is 13.9. The van der Waals surface area contributed by atoms with E-state index in [0.717, 1.165) is 22.0 Å². The van der Waals surface area contributed by atoms with Crippen molar-refractivity contribution < 1.29 is 14.3 Å². The minimum atomic E-state index is -0.759. The molecule has 0 radical (unpaired) electrons. The molecule has 7 rings (SSSR count). The zero-order chi connectivity index (χ0) is 25.5. The number of fused-ring (bicyclic) bond motifs is 7. The first-order valence-electron chi connectivity index (χ1n) is 12.5. The Bertz CT molecular complexity index is 1690. The summed E-state index contributed by atoms with van der Waals surface area (Å²) in [6.45, 7) is 4.44. The predicted molar refractivity (Wildman–Crippen MR) is 134 cm³/mol. The summed E-state index contributed by atoms with van der Waals surface area (Å²) in [5.41, 5.74) is 2.18. The number of carbonyl (C=O) groups excluding carboxylic acids is 2. The van der Waals surface area contributed by atoms with Gasteiger partial charge in [0.25, 0.3) is 0 Å². The highest BCUT2D eigenvalue weighted by Crippen LogP contribution is 2.62. The van der Waals surface area contributed by atoms with Crippen molar-refractivity contribution in [2.24, 2.45) is 11.8 Å². The van der Waals surface area contributed by atoms with Crippen molar-refractivity contribution in [2.75, 3.05) is 4.90 Å². The van der Waals surface area contributed by atoms with Crippen molar-refractivity contribution in [3.63, 3.8) is 0 Å². The standard InChI is InChI=1S/C28H24N6O3/c1-16-6-8-19-20(14-16)32-33(31-19)13-12-28-11-10-27(2,37-28)22-23(28)26(36)34(25(22)35)21-9-7-17-4-3-5-18(15-29)24(17)30-21/h3-9,14,22-23H,10-13H2,1-2H3. The molecule has 0 N–H and O–H groups in total. The van der Waals surface area contributed by atoms with Crippen LogP contribution in [0.5, 0.6) is 0 Å². The molecule has 3 aliphatic heterocycles. The van der Waals surface area contributed by atoms with Gasteiger partial charge >= 0.3 is 0 Å². The molecule has 0 spiro atoms. The van der Waals surface area contributed by atoms with Gasteiger partial charge in [-0.05, 0) is 69.0 Å². The number of benzene rings is 2. The molecule has 37 heavy (non-hydrogen) atoms. The molecule has 4 atom stereocenters. The Labute approximate surface area is 212 Å². The van der Waals surface area contributed by atoms with Crippen LogP contribution in [0.15, 0.2) is 48.5 Å². The van der Waals surface area contributed by atoms with E-state index >= 15 is 0 Å². The lowest BCUT2D eigenvalue weighted by Crippen LogP contribution is -2.43. The topological polar surface area (TPSA) is 114 Å². The van der Waals surface area contributed by atoms with Crippen LogP contribution in [0.4, 0.5) is 5.82 Å². The van der Waals surface area contributed by atoms with E-state index in [0.29, 0.717) is 36.9 Å². The van der Waals surface area contributed by atoms with Crippen LogP contribution in [0, 0.1) is 30.1 Å². The number of hydrogen-bond acceptors (Lipinski definition) is 7. The van der Waals surface area contributed by atoms with Crippen molar-refractivity contribution in [1.82, 2.24) is 20.0 Å². The fraction of sp³-hybridized carbons (Fsp3) is 0.357. The molecule has 2 aromatic heterocycles. The van der Waals surface area contributed by atoms with Gasteiger partial charge in [-0.25, -0.2) is 9.88 Å². The summed E-state index contributed by atoms with van der Waals surface area (Å²) in [6.07, 6.45) is 1.93. The molecule has 2 aromatic carbocycles. The number of aromatic nitrogens is 4. The fourth-order valence-electron chi connectivity index (χ4n) is 6.65. The normalized spacial score (nSPS) is 28.4. The number of hydrogen-bond donors (Lipinski definition) is 0. The van der Waals surface area contributed by atoms with Gasteiger partial charge in [-0.15, -0.1) is 0 Å². The fourth-order valence-corrected chi connectivity index (χ4v) is 6.65. The van der Waals surface area contributed by atoms with Crippen LogP contribution in [0.2, 0.25) is 0 Å². The van der Waals surface area contributed by atoms with Crippen LogP contribution < -0.4 is 4.90 Å². The molecular formula is C28H24N6O3. The predicted octanol–water partition coefficient (Wildman–Crippen LogP) is 3.68. The monoisotopic (exact) mass is 492 g/mol. The highest BCUT2D eigenvalue weighted by molar-refractivity contribution is 6.23. The van der Waals surface area contributed by atoms with Gasteiger partial charge < -0.3 is 4.74 Å². The van der Waals surface area contributed by atoms with Gasteiger partial charge in [0.1, 0.15) is 22.9 Å². The number of ether oxygens (including phenoxy) is 1. The smallest absolute Gasteiger partial charge is 0.241 e. The SMILES string of the molecule is Cc1ccc2nn(CCC34CCC(C)(O3)C3C(=O)N(c5ccc6cccc(C#N)c6n5)C(=O)C34)nc2c1. The third-order valence-electron chi connectivity index (χ3n) is 8.38. The van der Waals surface area contributed by atoms with Crippen LogP contribution in [0.25, 0.3) is 21.9 Å². The molecule has 4 unspecified atom stereocenters. The number of carbonyl (C=O) groups is 2. The third kappa shape index (κ3) is 3.02. The van der Waals surface area contributed by atoms with Crippen LogP contribution >= 0.6 is 0 Å². The number of aryl methyl sites for hydroxylation is 2. The maximum atomic E-state index is 13.9. The molecule has 0 aliphatic carbocycles. The Morgan fingerprint density at radius 2 is 1.86 bits per heavy atom. The summed E-state index contributed by atoms with van der Waals surface area (Å²) in [4.78, 5) is 35.1. The van der Waals surface area contributed by atoms with Crippen molar-refractivity contribution >= 4 is 39.6 Å². The number of nitriles is 1. The highest BCUT2D eigenvalue weighted by Gasteiger charge is 2.74. The van der Waals surface area contributed by atoms with E-state index in [1.807, 2.05) is 38.1 Å². The van der Waals surface area contributed by atoms with Crippen LogP contribution in [-0.4, -0.2) is 43.0 Å². The van der Waals surface area contributed by atoms with Crippen LogP contribution in [0.1, 0.15) is 37.3 Å². The first kappa shape index (κ1) is 22.1. The number of rotatable bonds is 4. The Kier molecular flexibility index (Phi) is 4.43. The van der Waals surface area contributed by atoms with Crippen LogP contribution in [-0.2, 0) is 20.9 Å². The van der Waals surface area contributed by atoms with E-state index in [1.165, 1.54) is 4.90 Å². The quantitative estimate of drug-likeness (QED) is 0.399. The van der Waals surface area contributed by atoms with Crippen molar-refractivity contribution in [3.8, 4) is 6.07 Å². The van der Waals surface area contributed by atoms with E-state index in [2.05, 4.69) is 21.3 Å². The van der Waals surface area contributed by atoms with Crippen molar-refractivity contribution in [2.45, 2.75) is 50.9 Å². The Balaban J connectivity index is 1.23. The molecule has 2 bridgehead atoms. The number of para-hydroxylation sites is 1. The summed E-state index contributed by atoms with van der Waals surface area (Å²) >= 11 is 0. The molecular weight excluding hydrogens is 468 g/mol. The molecule has 4 aromatic rings. The zero-order valence-corrected chi connectivity index (χ0v) is 20.5. The zero-order valence-electron chi connectivity index (χ0n) is 20.5. The molecule has 3 saturated heterocycles. The van der Waals surface area contributed by atoms with Gasteiger partial charge in [0.05, 0.1) is 40.7 Å². The molecule has 3 fully saturated rings. The molecule has 5 heterocycles. The minimum Gasteiger partial charge on any atom is -0.367 e. The second-order valence-electron chi connectivity index (χ2n) is 10.6. The third-order valence-corrected chi connectivity index (χ3v) is 8.38. The lowest BCUT2D eigenvalue weighted by Gasteiger charge is -2.30. The number of pyridine rings is 1. The van der Waals surface area contributed by atoms with Gasteiger partial charge in [0, 0.05) is 5.39 Å². The van der Waals surface area contributed by atoms with Crippen molar-refractivity contribution in [3.05, 3.63) is 59.7 Å². The molecule has 184 valence electrons. The summed E-state index contributed by atoms with van der Waals surface area (Å²) in [5, 5.41) is 19.5. The number of imide groups is 1. The summed E-state index contributed by atoms with van der Waals surface area (Å²) in [7, 11) is 0. The van der Waals surface area contributed by atoms with Gasteiger partial charge in [-0.1, -0.05) is 18.2 Å². The Morgan fingerprint density at radius 1 is 1.05 bits per heavy atom. The Morgan fingerprint density at radius 3 is 2.70 bits per heavy atom. The first-order chi connectivity index (χ1) is 17.8. The second kappa shape index (κ2) is 7.43. The summed E-state index contributed by atoms with van der Waals surface area (Å²) in [5.74, 6) is -1.46. The largest absolute Gasteiger partial charge is 0.367 e. The van der Waals surface area contributed by atoms with Gasteiger partial charge in [0.15, 0.2) is 0 Å². The second-order valence-corrected chi connectivity index (χ2v) is 10.6. The van der Waals surface area contributed by atoms with E-state index in [1.54, 1.807) is 29.1 Å². The molecule has 2 amide bonds. The number of nitrogens with zero attached hydrogens (tertiary/aromatic N) is 6. The molecule has 0 saturated carbocycles. The Hall–Kier alpha value is -4.16. The highest BCUT2D eigenvalue weighted by atomic mass is 16.5. The lowest BCUT2D eigenvalue weighted by atomic mass is 9.67. The molecule has 3 aliphatic rings. The average molecular weight is 493 g/mol. The summed E-state index contributed by atoms with van der Waals surface area (Å²) < 4.78 is 6.56. The average Bonchev–Trinajstić information content (AvgIpc) is 3.60. The minimum absolute atomic E-state index is 0.258. The number of anilines is 1. The number of amides is 2. The van der Waals surface area contributed by atoms with Gasteiger partial charge in [0.2, 0.25) is 11.8 Å². The first-order valence-corrected chi connectivity index (χ1v) is 12.5. The maximum Gasteiger partial charge on any atom is 0.241 e. The molecule has 9 nitrogen and oxygen atoms in total. The van der Waals surface area contributed by atoms with E-state index in [-0.39, 0.29) is 17.6 Å². The van der Waals surface area contributed by atoms with Crippen molar-refractivity contribution in [1.29, 1.82) is 5.26 Å². The van der Waals surface area contributed by atoms with Gasteiger partial charge in [-0.3, -0.25) is 9.59 Å². The lowest BCUT2D eigenvalue weighted by molar-refractivity contribution is -0.131. The van der Waals surface area contributed by atoms with E-state index in [9.17, 15) is 14.9 Å². The van der Waals surface area contributed by atoms with Crippen LogP contribution in [0.3, 0.4) is 0 Å². The van der Waals surface area contributed by atoms with Gasteiger partial charge in [-0.2, -0.15) is 20.3 Å². The summed E-state index contributed by atoms with van der Waals surface area (Å²) in [6, 6.07) is 16.9. The van der Waals surface area contributed by atoms with E-state index < -0.39 is 23.0 Å².